The molecule has 6 heteroatoms. The Kier molecular flexibility index (Phi) is 3.37. The van der Waals surface area contributed by atoms with Crippen LogP contribution in [0, 0.1) is 0 Å². The van der Waals surface area contributed by atoms with Crippen molar-refractivity contribution in [2.45, 2.75) is 4.90 Å². The lowest BCUT2D eigenvalue weighted by molar-refractivity contribution is 0.0696. The molecule has 0 aliphatic rings. The quantitative estimate of drug-likeness (QED) is 0.892. The molecule has 3 N–H and O–H groups in total. The number of sulfonamides is 1. The normalized spacial score (nSPS) is 11.2. The molecule has 2 aromatic rings. The Morgan fingerprint density at radius 1 is 1.05 bits per heavy atom. The highest BCUT2D eigenvalue weighted by atomic mass is 32.2. The van der Waals surface area contributed by atoms with Crippen molar-refractivity contribution in [1.82, 2.24) is 0 Å². The zero-order valence-corrected chi connectivity index (χ0v) is 10.6. The molecule has 0 amide bonds. The van der Waals surface area contributed by atoms with Crippen molar-refractivity contribution in [2.24, 2.45) is 5.14 Å². The van der Waals surface area contributed by atoms with Gasteiger partial charge in [0.05, 0.1) is 10.5 Å². The van der Waals surface area contributed by atoms with E-state index >= 15 is 0 Å². The zero-order valence-electron chi connectivity index (χ0n) is 9.78. The maximum atomic E-state index is 11.6. The molecule has 0 aliphatic heterocycles. The molecule has 19 heavy (non-hydrogen) atoms. The maximum Gasteiger partial charge on any atom is 0.335 e. The average molecular weight is 277 g/mol. The lowest BCUT2D eigenvalue weighted by atomic mass is 10.0. The van der Waals surface area contributed by atoms with E-state index in [1.807, 2.05) is 0 Å². The minimum absolute atomic E-state index is 0.122. The fourth-order valence-corrected chi connectivity index (χ4v) is 2.53. The molecule has 5 nitrogen and oxygen atoms in total. The third-order valence-corrected chi connectivity index (χ3v) is 3.57. The number of primary sulfonamides is 1. The Balaban J connectivity index is 2.72. The van der Waals surface area contributed by atoms with Gasteiger partial charge in [0, 0.05) is 5.56 Å². The van der Waals surface area contributed by atoms with Gasteiger partial charge in [-0.3, -0.25) is 0 Å². The van der Waals surface area contributed by atoms with Gasteiger partial charge in [-0.05, 0) is 17.7 Å². The number of nitrogens with two attached hydrogens (primary N) is 1. The van der Waals surface area contributed by atoms with E-state index in [1.165, 1.54) is 12.1 Å². The van der Waals surface area contributed by atoms with Crippen molar-refractivity contribution >= 4 is 16.0 Å². The average Bonchev–Trinajstić information content (AvgIpc) is 2.38. The van der Waals surface area contributed by atoms with E-state index in [4.69, 9.17) is 10.2 Å². The van der Waals surface area contributed by atoms with Gasteiger partial charge in [0.2, 0.25) is 10.0 Å². The van der Waals surface area contributed by atoms with E-state index in [0.717, 1.165) is 6.07 Å². The van der Waals surface area contributed by atoms with E-state index in [0.29, 0.717) is 11.1 Å². The Morgan fingerprint density at radius 2 is 1.68 bits per heavy atom. The van der Waals surface area contributed by atoms with E-state index < -0.39 is 16.0 Å². The highest BCUT2D eigenvalue weighted by Gasteiger charge is 2.17. The second-order valence-electron chi connectivity index (χ2n) is 3.93. The van der Waals surface area contributed by atoms with Crippen LogP contribution in [-0.2, 0) is 10.0 Å². The van der Waals surface area contributed by atoms with Gasteiger partial charge in [-0.2, -0.15) is 0 Å². The molecule has 0 saturated carbocycles. The predicted molar refractivity (Wildman–Crippen MR) is 70.2 cm³/mol. The zero-order chi connectivity index (χ0) is 14.0. The Hall–Kier alpha value is -2.18. The summed E-state index contributed by atoms with van der Waals surface area (Å²) in [5.41, 5.74) is 0.917. The van der Waals surface area contributed by atoms with E-state index in [1.54, 1.807) is 30.3 Å². The summed E-state index contributed by atoms with van der Waals surface area (Å²) in [7, 11) is -4.00. The van der Waals surface area contributed by atoms with Gasteiger partial charge in [0.25, 0.3) is 0 Å². The molecule has 0 radical (unpaired) electrons. The SMILES string of the molecule is NS(=O)(=O)c1cc(C(=O)O)ccc1-c1ccccc1. The number of aromatic carboxylic acids is 1. The van der Waals surface area contributed by atoms with Crippen LogP contribution < -0.4 is 5.14 Å². The van der Waals surface area contributed by atoms with E-state index in [-0.39, 0.29) is 10.5 Å². The minimum Gasteiger partial charge on any atom is -0.478 e. The van der Waals surface area contributed by atoms with Crippen molar-refractivity contribution in [2.75, 3.05) is 0 Å². The van der Waals surface area contributed by atoms with Crippen molar-refractivity contribution in [1.29, 1.82) is 0 Å². The molecule has 0 aromatic heterocycles. The summed E-state index contributed by atoms with van der Waals surface area (Å²) in [5, 5.41) is 14.0. The highest BCUT2D eigenvalue weighted by molar-refractivity contribution is 7.89. The highest BCUT2D eigenvalue weighted by Crippen LogP contribution is 2.27. The molecule has 2 rings (SSSR count). The summed E-state index contributed by atoms with van der Waals surface area (Å²) in [4.78, 5) is 10.7. The molecule has 98 valence electrons. The predicted octanol–water partition coefficient (Wildman–Crippen LogP) is 1.70. The van der Waals surface area contributed by atoms with E-state index in [2.05, 4.69) is 0 Å². The number of carbonyl (C=O) groups is 1. The maximum absolute atomic E-state index is 11.6. The lowest BCUT2D eigenvalue weighted by Gasteiger charge is -2.09. The van der Waals surface area contributed by atoms with Gasteiger partial charge in [-0.1, -0.05) is 36.4 Å². The number of hydrogen-bond acceptors (Lipinski definition) is 3. The smallest absolute Gasteiger partial charge is 0.335 e. The largest absolute Gasteiger partial charge is 0.478 e. The fraction of sp³-hybridized carbons (Fsp3) is 0. The first-order valence-electron chi connectivity index (χ1n) is 5.35. The third-order valence-electron chi connectivity index (χ3n) is 2.62. The Bertz CT molecular complexity index is 724. The molecule has 0 spiro atoms. The second kappa shape index (κ2) is 4.83. The van der Waals surface area contributed by atoms with Crippen LogP contribution in [-0.4, -0.2) is 19.5 Å². The van der Waals surface area contributed by atoms with Crippen LogP contribution >= 0.6 is 0 Å². The molecular formula is C13H11NO4S. The van der Waals surface area contributed by atoms with Gasteiger partial charge < -0.3 is 5.11 Å². The fourth-order valence-electron chi connectivity index (χ4n) is 1.75. The van der Waals surface area contributed by atoms with Gasteiger partial charge in [-0.25, -0.2) is 18.4 Å². The monoisotopic (exact) mass is 277 g/mol. The van der Waals surface area contributed by atoms with Gasteiger partial charge in [0.15, 0.2) is 0 Å². The summed E-state index contributed by atoms with van der Waals surface area (Å²) in [6.07, 6.45) is 0. The van der Waals surface area contributed by atoms with Crippen LogP contribution in [0.1, 0.15) is 10.4 Å². The molecule has 0 atom stereocenters. The van der Waals surface area contributed by atoms with Crippen LogP contribution in [0.25, 0.3) is 11.1 Å². The number of benzene rings is 2. The van der Waals surface area contributed by atoms with Crippen LogP contribution in [0.5, 0.6) is 0 Å². The standard InChI is InChI=1S/C13H11NO4S/c14-19(17,18)12-8-10(13(15)16)6-7-11(12)9-4-2-1-3-5-9/h1-8H,(H,15,16)(H2,14,17,18). The Morgan fingerprint density at radius 3 is 2.21 bits per heavy atom. The van der Waals surface area contributed by atoms with Crippen LogP contribution in [0.2, 0.25) is 0 Å². The Labute approximate surface area is 110 Å². The van der Waals surface area contributed by atoms with Crippen molar-refractivity contribution < 1.29 is 18.3 Å². The molecule has 0 aliphatic carbocycles. The number of rotatable bonds is 3. The summed E-state index contributed by atoms with van der Waals surface area (Å²) in [5.74, 6) is -1.20. The van der Waals surface area contributed by atoms with Crippen molar-refractivity contribution in [3.8, 4) is 11.1 Å². The summed E-state index contributed by atoms with van der Waals surface area (Å²) in [6, 6.07) is 12.6. The molecule has 0 saturated heterocycles. The van der Waals surface area contributed by atoms with Crippen molar-refractivity contribution in [3.63, 3.8) is 0 Å². The molecule has 0 fully saturated rings. The van der Waals surface area contributed by atoms with Crippen LogP contribution in [0.15, 0.2) is 53.4 Å². The molecule has 2 aromatic carbocycles. The van der Waals surface area contributed by atoms with Gasteiger partial charge in [-0.15, -0.1) is 0 Å². The second-order valence-corrected chi connectivity index (χ2v) is 5.46. The van der Waals surface area contributed by atoms with Gasteiger partial charge in [0.1, 0.15) is 0 Å². The summed E-state index contributed by atoms with van der Waals surface area (Å²) >= 11 is 0. The lowest BCUT2D eigenvalue weighted by Crippen LogP contribution is -2.14. The molecule has 0 heterocycles. The van der Waals surface area contributed by atoms with Gasteiger partial charge >= 0.3 is 5.97 Å². The third kappa shape index (κ3) is 2.81. The van der Waals surface area contributed by atoms with Crippen LogP contribution in [0.4, 0.5) is 0 Å². The van der Waals surface area contributed by atoms with E-state index in [9.17, 15) is 13.2 Å². The number of carboxylic acids is 1. The number of carboxylic acid groups (broad SMARTS) is 1. The molecule has 0 bridgehead atoms. The molecule has 0 unspecified atom stereocenters. The van der Waals surface area contributed by atoms with Crippen molar-refractivity contribution in [3.05, 3.63) is 54.1 Å². The van der Waals surface area contributed by atoms with Crippen LogP contribution in [0.3, 0.4) is 0 Å². The first kappa shape index (κ1) is 13.3. The topological polar surface area (TPSA) is 97.5 Å². The summed E-state index contributed by atoms with van der Waals surface area (Å²) < 4.78 is 23.2. The first-order valence-corrected chi connectivity index (χ1v) is 6.90. The summed E-state index contributed by atoms with van der Waals surface area (Å²) in [6.45, 7) is 0. The first-order chi connectivity index (χ1) is 8.89. The number of hydrogen-bond donors (Lipinski definition) is 2. The molecular weight excluding hydrogens is 266 g/mol. The minimum atomic E-state index is -4.00.